The van der Waals surface area contributed by atoms with Crippen molar-refractivity contribution in [2.45, 2.75) is 32.7 Å². The molecule has 1 fully saturated rings. The van der Waals surface area contributed by atoms with Crippen molar-refractivity contribution < 1.29 is 19.8 Å². The van der Waals surface area contributed by atoms with Crippen molar-refractivity contribution in [2.24, 2.45) is 5.92 Å². The fraction of sp³-hybridized carbons (Fsp3) is 0.467. The minimum Gasteiger partial charge on any atom is -0.508 e. The summed E-state index contributed by atoms with van der Waals surface area (Å²) in [6.45, 7) is 4.08. The summed E-state index contributed by atoms with van der Waals surface area (Å²) in [6.07, 6.45) is 1.28. The Morgan fingerprint density at radius 2 is 2.05 bits per heavy atom. The normalized spacial score (nSPS) is 22.6. The van der Waals surface area contributed by atoms with Crippen LogP contribution in [0.2, 0.25) is 0 Å². The number of nitrogens with zero attached hydrogens (tertiary/aromatic N) is 1. The number of likely N-dealkylation sites (tertiary alicyclic amines) is 1. The lowest BCUT2D eigenvalue weighted by Crippen LogP contribution is -2.49. The van der Waals surface area contributed by atoms with Crippen molar-refractivity contribution in [2.75, 3.05) is 6.54 Å². The van der Waals surface area contributed by atoms with Crippen LogP contribution in [-0.4, -0.2) is 39.6 Å². The Morgan fingerprint density at radius 3 is 2.65 bits per heavy atom. The first-order valence-electron chi connectivity index (χ1n) is 6.75. The minimum atomic E-state index is -0.859. The minimum absolute atomic E-state index is 0.0790. The maximum absolute atomic E-state index is 12.5. The number of aliphatic carboxylic acids is 1. The zero-order valence-electron chi connectivity index (χ0n) is 11.7. The topological polar surface area (TPSA) is 77.8 Å². The van der Waals surface area contributed by atoms with E-state index >= 15 is 0 Å². The third-order valence-corrected chi connectivity index (χ3v) is 4.02. The molecule has 0 aliphatic carbocycles. The Labute approximate surface area is 117 Å². The second kappa shape index (κ2) is 5.53. The predicted molar refractivity (Wildman–Crippen MR) is 73.7 cm³/mol. The van der Waals surface area contributed by atoms with Crippen molar-refractivity contribution in [1.29, 1.82) is 0 Å². The highest BCUT2D eigenvalue weighted by atomic mass is 16.4. The van der Waals surface area contributed by atoms with Gasteiger partial charge in [-0.05, 0) is 44.4 Å². The van der Waals surface area contributed by atoms with Crippen molar-refractivity contribution in [3.8, 4) is 5.75 Å². The lowest BCUT2D eigenvalue weighted by Gasteiger charge is -2.37. The van der Waals surface area contributed by atoms with Gasteiger partial charge in [-0.15, -0.1) is 0 Å². The zero-order chi connectivity index (χ0) is 14.9. The zero-order valence-corrected chi connectivity index (χ0v) is 11.7. The Kier molecular flexibility index (Phi) is 3.97. The molecule has 0 bridgehead atoms. The molecule has 20 heavy (non-hydrogen) atoms. The van der Waals surface area contributed by atoms with Gasteiger partial charge < -0.3 is 15.1 Å². The maximum Gasteiger partial charge on any atom is 0.308 e. The van der Waals surface area contributed by atoms with Crippen molar-refractivity contribution in [1.82, 2.24) is 4.90 Å². The largest absolute Gasteiger partial charge is 0.508 e. The molecule has 1 aromatic rings. The fourth-order valence-electron chi connectivity index (χ4n) is 2.67. The number of rotatable bonds is 2. The fourth-order valence-corrected chi connectivity index (χ4v) is 2.67. The molecule has 108 valence electrons. The monoisotopic (exact) mass is 277 g/mol. The van der Waals surface area contributed by atoms with Gasteiger partial charge in [-0.3, -0.25) is 9.59 Å². The summed E-state index contributed by atoms with van der Waals surface area (Å²) < 4.78 is 0. The molecule has 1 heterocycles. The number of aryl methyl sites for hydroxylation is 1. The number of aromatic hydroxyl groups is 1. The molecule has 0 spiro atoms. The molecular formula is C15H19NO4. The van der Waals surface area contributed by atoms with E-state index in [9.17, 15) is 19.8 Å². The summed E-state index contributed by atoms with van der Waals surface area (Å²) in [5.74, 6) is -1.53. The Morgan fingerprint density at radius 1 is 1.35 bits per heavy atom. The third-order valence-electron chi connectivity index (χ3n) is 4.02. The van der Waals surface area contributed by atoms with E-state index < -0.39 is 11.9 Å². The second-order valence-corrected chi connectivity index (χ2v) is 5.33. The molecule has 2 N–H and O–H groups in total. The van der Waals surface area contributed by atoms with Gasteiger partial charge in [0.15, 0.2) is 0 Å². The average Bonchev–Trinajstić information content (AvgIpc) is 2.41. The number of hydrogen-bond acceptors (Lipinski definition) is 3. The van der Waals surface area contributed by atoms with Gasteiger partial charge in [0.05, 0.1) is 5.92 Å². The molecule has 1 aliphatic rings. The van der Waals surface area contributed by atoms with E-state index in [2.05, 4.69) is 0 Å². The Bertz CT molecular complexity index is 541. The van der Waals surface area contributed by atoms with Gasteiger partial charge in [0.2, 0.25) is 0 Å². The number of phenols is 1. The van der Waals surface area contributed by atoms with Gasteiger partial charge >= 0.3 is 5.97 Å². The SMILES string of the molecule is Cc1ccc(C(=O)N2CCC[C@@H](C(=O)O)[C@H]2C)cc1O. The maximum atomic E-state index is 12.5. The molecule has 0 aromatic heterocycles. The van der Waals surface area contributed by atoms with Crippen LogP contribution in [0.3, 0.4) is 0 Å². The van der Waals surface area contributed by atoms with Gasteiger partial charge in [-0.2, -0.15) is 0 Å². The van der Waals surface area contributed by atoms with Crippen LogP contribution in [-0.2, 0) is 4.79 Å². The van der Waals surface area contributed by atoms with E-state index in [1.807, 2.05) is 0 Å². The third kappa shape index (κ3) is 2.61. The van der Waals surface area contributed by atoms with E-state index in [0.29, 0.717) is 30.5 Å². The first kappa shape index (κ1) is 14.4. The number of benzene rings is 1. The molecule has 1 aromatic carbocycles. The molecule has 2 atom stereocenters. The van der Waals surface area contributed by atoms with E-state index in [0.717, 1.165) is 0 Å². The summed E-state index contributed by atoms with van der Waals surface area (Å²) in [4.78, 5) is 25.2. The summed E-state index contributed by atoms with van der Waals surface area (Å²) >= 11 is 0. The number of phenolic OH excluding ortho intramolecular Hbond substituents is 1. The highest BCUT2D eigenvalue weighted by Gasteiger charge is 2.35. The number of carboxylic acids is 1. The number of carbonyl (C=O) groups excluding carboxylic acids is 1. The van der Waals surface area contributed by atoms with Crippen LogP contribution < -0.4 is 0 Å². The molecule has 0 unspecified atom stereocenters. The number of carboxylic acid groups (broad SMARTS) is 1. The smallest absolute Gasteiger partial charge is 0.308 e. The first-order chi connectivity index (χ1) is 9.41. The number of carbonyl (C=O) groups is 2. The molecule has 1 aliphatic heterocycles. The predicted octanol–water partition coefficient (Wildman–Crippen LogP) is 2.03. The molecule has 5 heteroatoms. The highest BCUT2D eigenvalue weighted by Crippen LogP contribution is 2.26. The van der Waals surface area contributed by atoms with E-state index in [-0.39, 0.29) is 17.7 Å². The van der Waals surface area contributed by atoms with Gasteiger partial charge in [0.1, 0.15) is 5.75 Å². The number of hydrogen-bond donors (Lipinski definition) is 2. The Hall–Kier alpha value is -2.04. The van der Waals surface area contributed by atoms with Crippen molar-refractivity contribution >= 4 is 11.9 Å². The highest BCUT2D eigenvalue weighted by molar-refractivity contribution is 5.95. The lowest BCUT2D eigenvalue weighted by atomic mass is 9.90. The van der Waals surface area contributed by atoms with Crippen molar-refractivity contribution in [3.05, 3.63) is 29.3 Å². The molecule has 2 rings (SSSR count). The number of piperidine rings is 1. The molecule has 1 saturated heterocycles. The van der Waals surface area contributed by atoms with Crippen LogP contribution in [0.25, 0.3) is 0 Å². The summed E-state index contributed by atoms with van der Waals surface area (Å²) in [5.41, 5.74) is 1.10. The van der Waals surface area contributed by atoms with E-state index in [4.69, 9.17) is 0 Å². The number of amides is 1. The van der Waals surface area contributed by atoms with E-state index in [1.54, 1.807) is 30.9 Å². The summed E-state index contributed by atoms with van der Waals surface area (Å²) in [7, 11) is 0. The van der Waals surface area contributed by atoms with Crippen LogP contribution in [0.5, 0.6) is 5.75 Å². The van der Waals surface area contributed by atoms with Crippen LogP contribution in [0.1, 0.15) is 35.7 Å². The van der Waals surface area contributed by atoms with Crippen LogP contribution in [0, 0.1) is 12.8 Å². The van der Waals surface area contributed by atoms with Gasteiger partial charge in [0.25, 0.3) is 5.91 Å². The molecular weight excluding hydrogens is 258 g/mol. The first-order valence-corrected chi connectivity index (χ1v) is 6.75. The van der Waals surface area contributed by atoms with Gasteiger partial charge in [0, 0.05) is 18.2 Å². The van der Waals surface area contributed by atoms with Crippen LogP contribution >= 0.6 is 0 Å². The molecule has 0 radical (unpaired) electrons. The van der Waals surface area contributed by atoms with Crippen LogP contribution in [0.15, 0.2) is 18.2 Å². The summed E-state index contributed by atoms with van der Waals surface area (Å²) in [5, 5.41) is 18.9. The van der Waals surface area contributed by atoms with Crippen LogP contribution in [0.4, 0.5) is 0 Å². The Balaban J connectivity index is 2.23. The summed E-state index contributed by atoms with van der Waals surface area (Å²) in [6, 6.07) is 4.45. The lowest BCUT2D eigenvalue weighted by molar-refractivity contribution is -0.144. The molecule has 0 saturated carbocycles. The van der Waals surface area contributed by atoms with Gasteiger partial charge in [-0.25, -0.2) is 0 Å². The van der Waals surface area contributed by atoms with Gasteiger partial charge in [-0.1, -0.05) is 6.07 Å². The second-order valence-electron chi connectivity index (χ2n) is 5.33. The van der Waals surface area contributed by atoms with Crippen molar-refractivity contribution in [3.63, 3.8) is 0 Å². The standard InChI is InChI=1S/C15H19NO4/c1-9-5-6-11(8-13(9)17)14(18)16-7-3-4-12(10(16)2)15(19)20/h5-6,8,10,12,17H,3-4,7H2,1-2H3,(H,19,20)/t10-,12-/m1/s1. The van der Waals surface area contributed by atoms with E-state index in [1.165, 1.54) is 6.07 Å². The quantitative estimate of drug-likeness (QED) is 0.867. The molecule has 5 nitrogen and oxygen atoms in total. The molecule has 1 amide bonds. The average molecular weight is 277 g/mol.